The van der Waals surface area contributed by atoms with Crippen LogP contribution >= 0.6 is 22.7 Å². The van der Waals surface area contributed by atoms with Crippen molar-refractivity contribution < 1.29 is 4.74 Å². The molecule has 158 valence electrons. The Labute approximate surface area is 188 Å². The highest BCUT2D eigenvalue weighted by atomic mass is 32.1. The van der Waals surface area contributed by atoms with Gasteiger partial charge in [0.15, 0.2) is 10.9 Å². The van der Waals surface area contributed by atoms with E-state index in [9.17, 15) is 0 Å². The summed E-state index contributed by atoms with van der Waals surface area (Å²) in [5.74, 6) is 0.724. The molecule has 0 aliphatic carbocycles. The van der Waals surface area contributed by atoms with Crippen molar-refractivity contribution in [2.24, 2.45) is 5.10 Å². The Hall–Kier alpha value is -2.88. The molecule has 0 unspecified atom stereocenters. The number of benzene rings is 1. The number of hydrogen-bond acceptors (Lipinski definition) is 9. The van der Waals surface area contributed by atoms with Crippen LogP contribution in [0.4, 0.5) is 10.9 Å². The summed E-state index contributed by atoms with van der Waals surface area (Å²) in [6.07, 6.45) is 3.42. The first-order valence-corrected chi connectivity index (χ1v) is 11.7. The normalized spacial score (nSPS) is 14.6. The monoisotopic (exact) mass is 450 g/mol. The van der Waals surface area contributed by atoms with E-state index in [0.29, 0.717) is 0 Å². The zero-order valence-corrected chi connectivity index (χ0v) is 19.0. The molecule has 3 aromatic heterocycles. The standard InChI is InChI=1S/C22H22N6OS2/c1-14-15(2)30-21-18(14)20(23-13-24-21)27-25-12-17-19(16-6-4-3-5-7-16)26-22(31-17)28-8-10-29-11-9-28/h3-7,12-13H,8-11H2,1-2H3,(H,23,24,27)/b25-12+. The molecule has 1 aliphatic rings. The lowest BCUT2D eigenvalue weighted by atomic mass is 10.1. The number of morpholine rings is 1. The number of aromatic nitrogens is 3. The molecule has 1 aliphatic heterocycles. The van der Waals surface area contributed by atoms with Crippen LogP contribution in [0.25, 0.3) is 21.5 Å². The Morgan fingerprint density at radius 2 is 1.90 bits per heavy atom. The molecule has 1 fully saturated rings. The highest BCUT2D eigenvalue weighted by Gasteiger charge is 2.19. The fraction of sp³-hybridized carbons (Fsp3) is 0.273. The number of nitrogens with zero attached hydrogens (tertiary/aromatic N) is 5. The first-order chi connectivity index (χ1) is 15.2. The summed E-state index contributed by atoms with van der Waals surface area (Å²) in [4.78, 5) is 19.2. The molecule has 1 aromatic carbocycles. The zero-order valence-electron chi connectivity index (χ0n) is 17.3. The van der Waals surface area contributed by atoms with Gasteiger partial charge in [0.05, 0.1) is 35.4 Å². The molecule has 1 N–H and O–H groups in total. The molecule has 4 heterocycles. The van der Waals surface area contributed by atoms with Gasteiger partial charge < -0.3 is 9.64 Å². The second-order valence-electron chi connectivity index (χ2n) is 7.23. The molecule has 0 spiro atoms. The van der Waals surface area contributed by atoms with E-state index in [4.69, 9.17) is 9.72 Å². The highest BCUT2D eigenvalue weighted by molar-refractivity contribution is 7.19. The van der Waals surface area contributed by atoms with Crippen LogP contribution in [0, 0.1) is 13.8 Å². The molecule has 0 amide bonds. The number of fused-ring (bicyclic) bond motifs is 1. The summed E-state index contributed by atoms with van der Waals surface area (Å²) < 4.78 is 5.49. The van der Waals surface area contributed by atoms with Crippen LogP contribution in [0.1, 0.15) is 15.3 Å². The molecule has 0 saturated carbocycles. The minimum absolute atomic E-state index is 0.724. The van der Waals surface area contributed by atoms with Crippen molar-refractivity contribution in [3.05, 3.63) is 52.0 Å². The third-order valence-corrected chi connectivity index (χ3v) is 7.45. The van der Waals surface area contributed by atoms with Crippen LogP contribution in [0.5, 0.6) is 0 Å². The van der Waals surface area contributed by atoms with Crippen molar-refractivity contribution in [3.63, 3.8) is 0 Å². The van der Waals surface area contributed by atoms with Gasteiger partial charge in [0.25, 0.3) is 0 Å². The minimum atomic E-state index is 0.724. The fourth-order valence-electron chi connectivity index (χ4n) is 3.52. The topological polar surface area (TPSA) is 75.5 Å². The molecule has 1 saturated heterocycles. The van der Waals surface area contributed by atoms with Gasteiger partial charge in [-0.1, -0.05) is 41.7 Å². The molecule has 9 heteroatoms. The third-order valence-electron chi connectivity index (χ3n) is 5.29. The van der Waals surface area contributed by atoms with Gasteiger partial charge in [0.2, 0.25) is 0 Å². The van der Waals surface area contributed by atoms with Crippen molar-refractivity contribution in [2.45, 2.75) is 13.8 Å². The van der Waals surface area contributed by atoms with E-state index < -0.39 is 0 Å². The highest BCUT2D eigenvalue weighted by Crippen LogP contribution is 2.34. The van der Waals surface area contributed by atoms with E-state index in [2.05, 4.69) is 51.4 Å². The lowest BCUT2D eigenvalue weighted by Gasteiger charge is -2.26. The summed E-state index contributed by atoms with van der Waals surface area (Å²) in [6.45, 7) is 7.37. The van der Waals surface area contributed by atoms with Gasteiger partial charge in [0, 0.05) is 23.5 Å². The summed E-state index contributed by atoms with van der Waals surface area (Å²) in [5, 5.41) is 6.55. The van der Waals surface area contributed by atoms with Crippen LogP contribution in [0.2, 0.25) is 0 Å². The number of thiophene rings is 1. The van der Waals surface area contributed by atoms with Gasteiger partial charge in [0.1, 0.15) is 11.2 Å². The van der Waals surface area contributed by atoms with E-state index in [1.54, 1.807) is 29.0 Å². The van der Waals surface area contributed by atoms with E-state index in [-0.39, 0.29) is 0 Å². The lowest BCUT2D eigenvalue weighted by Crippen LogP contribution is -2.36. The van der Waals surface area contributed by atoms with Crippen molar-refractivity contribution in [1.82, 2.24) is 15.0 Å². The smallest absolute Gasteiger partial charge is 0.186 e. The summed E-state index contributed by atoms with van der Waals surface area (Å²) in [7, 11) is 0. The van der Waals surface area contributed by atoms with Crippen LogP contribution in [-0.2, 0) is 4.74 Å². The van der Waals surface area contributed by atoms with Crippen molar-refractivity contribution in [2.75, 3.05) is 36.6 Å². The largest absolute Gasteiger partial charge is 0.378 e. The maximum atomic E-state index is 5.49. The fourth-order valence-corrected chi connectivity index (χ4v) is 5.53. The third kappa shape index (κ3) is 4.04. The van der Waals surface area contributed by atoms with Crippen LogP contribution in [0.3, 0.4) is 0 Å². The second-order valence-corrected chi connectivity index (χ2v) is 9.44. The molecule has 0 radical (unpaired) electrons. The second kappa shape index (κ2) is 8.70. The van der Waals surface area contributed by atoms with Gasteiger partial charge in [-0.3, -0.25) is 5.43 Å². The average Bonchev–Trinajstić information content (AvgIpc) is 3.36. The van der Waals surface area contributed by atoms with Crippen LogP contribution in [-0.4, -0.2) is 47.5 Å². The van der Waals surface area contributed by atoms with E-state index >= 15 is 0 Å². The van der Waals surface area contributed by atoms with Gasteiger partial charge in [-0.2, -0.15) is 5.10 Å². The summed E-state index contributed by atoms with van der Waals surface area (Å²) in [6, 6.07) is 10.2. The van der Waals surface area contributed by atoms with Gasteiger partial charge in [-0.25, -0.2) is 15.0 Å². The lowest BCUT2D eigenvalue weighted by molar-refractivity contribution is 0.122. The van der Waals surface area contributed by atoms with Gasteiger partial charge in [-0.05, 0) is 19.4 Å². The molecule has 7 nitrogen and oxygen atoms in total. The van der Waals surface area contributed by atoms with E-state index in [1.165, 1.54) is 10.4 Å². The molecule has 5 rings (SSSR count). The number of nitrogens with one attached hydrogen (secondary N) is 1. The summed E-state index contributed by atoms with van der Waals surface area (Å²) in [5.41, 5.74) is 6.33. The van der Waals surface area contributed by atoms with Crippen molar-refractivity contribution >= 4 is 50.1 Å². The molecule has 4 aromatic rings. The SMILES string of the molecule is Cc1sc2ncnc(N/N=C/c3sc(N4CCOCC4)nc3-c3ccccc3)c2c1C. The van der Waals surface area contributed by atoms with Crippen LogP contribution < -0.4 is 10.3 Å². The summed E-state index contributed by atoms with van der Waals surface area (Å²) >= 11 is 3.32. The number of anilines is 2. The molecular weight excluding hydrogens is 428 g/mol. The molecule has 0 bridgehead atoms. The first-order valence-electron chi connectivity index (χ1n) is 10.1. The van der Waals surface area contributed by atoms with Crippen molar-refractivity contribution in [1.29, 1.82) is 0 Å². The Bertz CT molecular complexity index is 1230. The van der Waals surface area contributed by atoms with E-state index in [0.717, 1.165) is 63.6 Å². The molecule has 31 heavy (non-hydrogen) atoms. The number of aryl methyl sites for hydroxylation is 2. The van der Waals surface area contributed by atoms with Crippen LogP contribution in [0.15, 0.2) is 41.8 Å². The van der Waals surface area contributed by atoms with Crippen molar-refractivity contribution in [3.8, 4) is 11.3 Å². The zero-order chi connectivity index (χ0) is 21.2. The maximum absolute atomic E-state index is 5.49. The quantitative estimate of drug-likeness (QED) is 0.350. The van der Waals surface area contributed by atoms with Gasteiger partial charge >= 0.3 is 0 Å². The van der Waals surface area contributed by atoms with E-state index in [1.807, 2.05) is 24.4 Å². The van der Waals surface area contributed by atoms with Gasteiger partial charge in [-0.15, -0.1) is 11.3 Å². The Kier molecular flexibility index (Phi) is 5.63. The predicted molar refractivity (Wildman–Crippen MR) is 129 cm³/mol. The Balaban J connectivity index is 1.47. The number of ether oxygens (including phenoxy) is 1. The number of thiazole rings is 1. The minimum Gasteiger partial charge on any atom is -0.378 e. The maximum Gasteiger partial charge on any atom is 0.186 e. The Morgan fingerprint density at radius 3 is 2.71 bits per heavy atom. The number of rotatable bonds is 5. The number of hydrazone groups is 1. The predicted octanol–water partition coefficient (Wildman–Crippen LogP) is 4.71. The number of hydrogen-bond donors (Lipinski definition) is 1. The first kappa shape index (κ1) is 20.0. The molecule has 0 atom stereocenters. The Morgan fingerprint density at radius 1 is 1.10 bits per heavy atom. The molecular formula is C22H22N6OS2. The average molecular weight is 451 g/mol.